The third kappa shape index (κ3) is 4.75. The molecule has 1 aliphatic heterocycles. The van der Waals surface area contributed by atoms with Crippen molar-refractivity contribution in [1.29, 1.82) is 0 Å². The summed E-state index contributed by atoms with van der Waals surface area (Å²) in [5.41, 5.74) is 9.10. The van der Waals surface area contributed by atoms with Crippen LogP contribution in [-0.2, 0) is 17.7 Å². The number of hydrogen-bond donors (Lipinski definition) is 1. The third-order valence-electron chi connectivity index (χ3n) is 4.30. The summed E-state index contributed by atoms with van der Waals surface area (Å²) in [7, 11) is 0. The first kappa shape index (κ1) is 22.1. The quantitative estimate of drug-likeness (QED) is 0.408. The smallest absolute Gasteiger partial charge is 0.410 e. The number of nitrogens with two attached hydrogens (primary N) is 1. The standard InChI is InChI=1S/C19H20BrN3O2S2.C2H6/c1-19(2,3)25-18(24)23-7-6-11-14(9-23)26-16(21)15(11)17-22-12-8-10(20)4-5-13(12)27-17;1-2/h4-5,8H,6-7,9,21H2,1-3H3;1-2H3. The molecule has 2 N–H and O–H groups in total. The largest absolute Gasteiger partial charge is 0.444 e. The maximum atomic E-state index is 12.4. The zero-order chi connectivity index (χ0) is 21.3. The predicted molar refractivity (Wildman–Crippen MR) is 127 cm³/mol. The van der Waals surface area contributed by atoms with Crippen LogP contribution in [0.25, 0.3) is 20.8 Å². The monoisotopic (exact) mass is 495 g/mol. The summed E-state index contributed by atoms with van der Waals surface area (Å²) in [6.45, 7) is 10.8. The van der Waals surface area contributed by atoms with Crippen molar-refractivity contribution in [1.82, 2.24) is 9.88 Å². The number of nitrogens with zero attached hydrogens (tertiary/aromatic N) is 2. The van der Waals surface area contributed by atoms with E-state index in [0.29, 0.717) is 13.1 Å². The van der Waals surface area contributed by atoms with E-state index < -0.39 is 5.60 Å². The molecule has 1 amide bonds. The summed E-state index contributed by atoms with van der Waals surface area (Å²) in [4.78, 5) is 20.1. The van der Waals surface area contributed by atoms with Gasteiger partial charge in [0, 0.05) is 21.5 Å². The van der Waals surface area contributed by atoms with E-state index in [1.165, 1.54) is 5.56 Å². The van der Waals surface area contributed by atoms with E-state index in [2.05, 4.69) is 22.0 Å². The first-order chi connectivity index (χ1) is 13.7. The van der Waals surface area contributed by atoms with Crippen molar-refractivity contribution in [2.45, 2.75) is 53.2 Å². The Morgan fingerprint density at radius 2 is 2.00 bits per heavy atom. The van der Waals surface area contributed by atoms with Crippen molar-refractivity contribution in [2.75, 3.05) is 12.3 Å². The molecular formula is C21H26BrN3O2S2. The number of amides is 1. The van der Waals surface area contributed by atoms with E-state index in [9.17, 15) is 4.79 Å². The first-order valence-electron chi connectivity index (χ1n) is 9.65. The Labute approximate surface area is 188 Å². The van der Waals surface area contributed by atoms with Gasteiger partial charge >= 0.3 is 6.09 Å². The highest BCUT2D eigenvalue weighted by Crippen LogP contribution is 2.44. The number of carbonyl (C=O) groups excluding carboxylic acids is 1. The third-order valence-corrected chi connectivity index (χ3v) is 6.89. The van der Waals surface area contributed by atoms with Crippen LogP contribution in [0.4, 0.5) is 9.80 Å². The van der Waals surface area contributed by atoms with Gasteiger partial charge in [-0.3, -0.25) is 0 Å². The van der Waals surface area contributed by atoms with Gasteiger partial charge in [-0.15, -0.1) is 22.7 Å². The second kappa shape index (κ2) is 8.62. The van der Waals surface area contributed by atoms with Crippen LogP contribution in [0.15, 0.2) is 22.7 Å². The highest BCUT2D eigenvalue weighted by molar-refractivity contribution is 9.10. The van der Waals surface area contributed by atoms with Crippen LogP contribution < -0.4 is 5.73 Å². The second-order valence-corrected chi connectivity index (χ2v) is 10.6. The van der Waals surface area contributed by atoms with E-state index in [4.69, 9.17) is 15.5 Å². The number of rotatable bonds is 1. The summed E-state index contributed by atoms with van der Waals surface area (Å²) >= 11 is 6.70. The van der Waals surface area contributed by atoms with Gasteiger partial charge in [0.05, 0.1) is 21.8 Å². The van der Waals surface area contributed by atoms with Crippen molar-refractivity contribution in [3.63, 3.8) is 0 Å². The van der Waals surface area contributed by atoms with Gasteiger partial charge in [0.15, 0.2) is 0 Å². The van der Waals surface area contributed by atoms with Gasteiger partial charge in [-0.2, -0.15) is 0 Å². The molecule has 1 aromatic carbocycles. The molecule has 0 bridgehead atoms. The Morgan fingerprint density at radius 1 is 1.28 bits per heavy atom. The van der Waals surface area contributed by atoms with Crippen LogP contribution in [-0.4, -0.2) is 28.1 Å². The number of fused-ring (bicyclic) bond motifs is 2. The summed E-state index contributed by atoms with van der Waals surface area (Å²) in [6.07, 6.45) is 0.489. The first-order valence-corrected chi connectivity index (χ1v) is 12.1. The van der Waals surface area contributed by atoms with Crippen LogP contribution in [0.2, 0.25) is 0 Å². The Morgan fingerprint density at radius 3 is 2.69 bits per heavy atom. The molecule has 0 atom stereocenters. The molecule has 0 unspecified atom stereocenters. The fourth-order valence-corrected chi connectivity index (χ4v) is 5.73. The van der Waals surface area contributed by atoms with Crippen molar-refractivity contribution in [3.05, 3.63) is 33.1 Å². The van der Waals surface area contributed by atoms with Crippen LogP contribution in [0.5, 0.6) is 0 Å². The maximum absolute atomic E-state index is 12.4. The van der Waals surface area contributed by atoms with E-state index in [0.717, 1.165) is 41.6 Å². The van der Waals surface area contributed by atoms with Crippen LogP contribution in [0.1, 0.15) is 45.1 Å². The zero-order valence-corrected chi connectivity index (χ0v) is 20.6. The molecule has 8 heteroatoms. The Kier molecular flexibility index (Phi) is 6.55. The second-order valence-electron chi connectivity index (χ2n) is 7.53. The number of hydrogen-bond acceptors (Lipinski definition) is 6. The van der Waals surface area contributed by atoms with E-state index in [-0.39, 0.29) is 6.09 Å². The number of ether oxygens (including phenoxy) is 1. The van der Waals surface area contributed by atoms with E-state index in [1.807, 2.05) is 46.8 Å². The molecule has 3 aromatic rings. The van der Waals surface area contributed by atoms with E-state index >= 15 is 0 Å². The molecule has 0 saturated heterocycles. The highest BCUT2D eigenvalue weighted by Gasteiger charge is 2.30. The number of thiophene rings is 1. The average molecular weight is 496 g/mol. The normalized spacial score (nSPS) is 13.7. The summed E-state index contributed by atoms with van der Waals surface area (Å²) in [5.74, 6) is 0. The minimum atomic E-state index is -0.494. The Bertz CT molecular complexity index is 1040. The fraction of sp³-hybridized carbons (Fsp3) is 0.429. The number of benzene rings is 1. The lowest BCUT2D eigenvalue weighted by Gasteiger charge is -2.30. The maximum Gasteiger partial charge on any atom is 0.410 e. The van der Waals surface area contributed by atoms with Crippen molar-refractivity contribution >= 4 is 59.9 Å². The van der Waals surface area contributed by atoms with Gasteiger partial charge < -0.3 is 15.4 Å². The molecule has 0 spiro atoms. The Hall–Kier alpha value is -1.64. The van der Waals surface area contributed by atoms with Gasteiger partial charge in [0.2, 0.25) is 0 Å². The summed E-state index contributed by atoms with van der Waals surface area (Å²) in [6, 6.07) is 6.11. The fourth-order valence-electron chi connectivity index (χ4n) is 3.15. The van der Waals surface area contributed by atoms with Gasteiger partial charge in [-0.1, -0.05) is 29.8 Å². The number of anilines is 1. The summed E-state index contributed by atoms with van der Waals surface area (Å²) < 4.78 is 7.66. The van der Waals surface area contributed by atoms with Gasteiger partial charge in [-0.05, 0) is 51.0 Å². The number of carbonyl (C=O) groups is 1. The lowest BCUT2D eigenvalue weighted by atomic mass is 10.0. The predicted octanol–water partition coefficient (Wildman–Crippen LogP) is 6.69. The van der Waals surface area contributed by atoms with E-state index in [1.54, 1.807) is 27.6 Å². The number of halogens is 1. The molecule has 0 fully saturated rings. The molecule has 29 heavy (non-hydrogen) atoms. The minimum Gasteiger partial charge on any atom is -0.444 e. The lowest BCUT2D eigenvalue weighted by Crippen LogP contribution is -2.39. The molecule has 4 rings (SSSR count). The molecule has 5 nitrogen and oxygen atoms in total. The van der Waals surface area contributed by atoms with Crippen LogP contribution in [0.3, 0.4) is 0 Å². The lowest BCUT2D eigenvalue weighted by molar-refractivity contribution is 0.0227. The number of aromatic nitrogens is 1. The molecule has 2 aromatic heterocycles. The SMILES string of the molecule is CC.CC(C)(C)OC(=O)N1CCc2c(sc(N)c2-c2nc3cc(Br)ccc3s2)C1. The van der Waals surface area contributed by atoms with Crippen molar-refractivity contribution in [2.24, 2.45) is 0 Å². The molecule has 1 aliphatic rings. The summed E-state index contributed by atoms with van der Waals surface area (Å²) in [5, 5.41) is 1.72. The van der Waals surface area contributed by atoms with Crippen molar-refractivity contribution in [3.8, 4) is 10.6 Å². The highest BCUT2D eigenvalue weighted by atomic mass is 79.9. The number of nitrogen functional groups attached to an aromatic ring is 1. The number of thiazole rings is 1. The van der Waals surface area contributed by atoms with Crippen LogP contribution in [0, 0.1) is 0 Å². The Balaban J connectivity index is 0.00000117. The molecular weight excluding hydrogens is 470 g/mol. The van der Waals surface area contributed by atoms with Gasteiger partial charge in [0.25, 0.3) is 0 Å². The zero-order valence-electron chi connectivity index (χ0n) is 17.3. The topological polar surface area (TPSA) is 68.5 Å². The molecule has 156 valence electrons. The molecule has 0 radical (unpaired) electrons. The molecule has 0 aliphatic carbocycles. The minimum absolute atomic E-state index is 0.272. The average Bonchev–Trinajstić information content (AvgIpc) is 3.20. The molecule has 0 saturated carbocycles. The van der Waals surface area contributed by atoms with Gasteiger partial charge in [-0.25, -0.2) is 9.78 Å². The van der Waals surface area contributed by atoms with Crippen LogP contribution >= 0.6 is 38.6 Å². The van der Waals surface area contributed by atoms with Crippen molar-refractivity contribution < 1.29 is 9.53 Å². The van der Waals surface area contributed by atoms with Gasteiger partial charge in [0.1, 0.15) is 10.6 Å². The molecule has 3 heterocycles.